The Balaban J connectivity index is 1.72. The topological polar surface area (TPSA) is 69.6 Å². The van der Waals surface area contributed by atoms with Crippen molar-refractivity contribution in [2.75, 3.05) is 6.61 Å². The summed E-state index contributed by atoms with van der Waals surface area (Å²) < 4.78 is 13.5. The van der Waals surface area contributed by atoms with Gasteiger partial charge < -0.3 is 9.15 Å². The summed E-state index contributed by atoms with van der Waals surface area (Å²) in [5.41, 5.74) is 1.41. The summed E-state index contributed by atoms with van der Waals surface area (Å²) in [6.45, 7) is 0.0583. The number of hydrogen-bond donors (Lipinski definition) is 0. The minimum Gasteiger partial charge on any atom is -0.479 e. The SMILES string of the molecule is C#CCOc1c(Br)cc(Cl)cc1C=Nn1c(-c2cc3ccccc3o2)nc2ccccc2c1=O. The number of halogens is 2. The number of nitrogens with zero attached hydrogens (tertiary/aromatic N) is 3. The van der Waals surface area contributed by atoms with Crippen LogP contribution in [0.3, 0.4) is 0 Å². The monoisotopic (exact) mass is 531 g/mol. The van der Waals surface area contributed by atoms with Crippen LogP contribution in [0.15, 0.2) is 85.5 Å². The molecule has 2 aromatic heterocycles. The molecular weight excluding hydrogens is 518 g/mol. The van der Waals surface area contributed by atoms with Crippen LogP contribution in [0.25, 0.3) is 33.5 Å². The fourth-order valence-electron chi connectivity index (χ4n) is 3.54. The van der Waals surface area contributed by atoms with Crippen molar-refractivity contribution >= 4 is 55.6 Å². The minimum atomic E-state index is -0.343. The quantitative estimate of drug-likeness (QED) is 0.202. The van der Waals surface area contributed by atoms with Crippen LogP contribution in [-0.4, -0.2) is 22.5 Å². The average Bonchev–Trinajstić information content (AvgIpc) is 3.27. The molecule has 0 fully saturated rings. The number of terminal acetylenes is 1. The van der Waals surface area contributed by atoms with Crippen molar-refractivity contribution < 1.29 is 9.15 Å². The van der Waals surface area contributed by atoms with E-state index in [2.05, 4.69) is 31.9 Å². The van der Waals surface area contributed by atoms with E-state index in [0.717, 1.165) is 5.39 Å². The molecule has 0 bridgehead atoms. The summed E-state index contributed by atoms with van der Waals surface area (Å²) in [6, 6.07) is 19.8. The number of benzene rings is 3. The molecule has 3 aromatic carbocycles. The third-order valence-corrected chi connectivity index (χ3v) is 5.86. The smallest absolute Gasteiger partial charge is 0.282 e. The van der Waals surface area contributed by atoms with Crippen LogP contribution in [0.1, 0.15) is 5.56 Å². The molecule has 0 aliphatic rings. The Morgan fingerprint density at radius 2 is 1.97 bits per heavy atom. The number of para-hydroxylation sites is 2. The molecule has 0 N–H and O–H groups in total. The van der Waals surface area contributed by atoms with E-state index in [0.29, 0.717) is 43.1 Å². The second-order valence-electron chi connectivity index (χ2n) is 7.26. The van der Waals surface area contributed by atoms with Gasteiger partial charge in [-0.15, -0.1) is 6.42 Å². The first kappa shape index (κ1) is 22.0. The van der Waals surface area contributed by atoms with Gasteiger partial charge in [-0.25, -0.2) is 4.98 Å². The summed E-state index contributed by atoms with van der Waals surface area (Å²) in [5.74, 6) is 3.57. The molecular formula is C26H15BrClN3O3. The van der Waals surface area contributed by atoms with Gasteiger partial charge in [-0.05, 0) is 52.3 Å². The van der Waals surface area contributed by atoms with Gasteiger partial charge in [0, 0.05) is 16.0 Å². The molecule has 0 aliphatic heterocycles. The first-order valence-corrected chi connectivity index (χ1v) is 11.3. The van der Waals surface area contributed by atoms with Gasteiger partial charge in [0.2, 0.25) is 5.82 Å². The highest BCUT2D eigenvalue weighted by molar-refractivity contribution is 9.10. The Hall–Kier alpha value is -3.86. The fourth-order valence-corrected chi connectivity index (χ4v) is 4.49. The van der Waals surface area contributed by atoms with Crippen molar-refractivity contribution in [3.05, 3.63) is 92.1 Å². The van der Waals surface area contributed by atoms with Gasteiger partial charge in [0.25, 0.3) is 5.56 Å². The van der Waals surface area contributed by atoms with E-state index in [1.54, 1.807) is 30.3 Å². The maximum Gasteiger partial charge on any atom is 0.282 e. The Morgan fingerprint density at radius 1 is 1.18 bits per heavy atom. The van der Waals surface area contributed by atoms with Crippen molar-refractivity contribution in [2.45, 2.75) is 0 Å². The van der Waals surface area contributed by atoms with Crippen molar-refractivity contribution in [1.82, 2.24) is 9.66 Å². The van der Waals surface area contributed by atoms with Crippen LogP contribution in [0.2, 0.25) is 5.02 Å². The van der Waals surface area contributed by atoms with Gasteiger partial charge >= 0.3 is 0 Å². The lowest BCUT2D eigenvalue weighted by Gasteiger charge is -2.10. The molecule has 0 saturated carbocycles. The number of rotatable bonds is 5. The number of furan rings is 1. The molecule has 5 aromatic rings. The minimum absolute atomic E-state index is 0.0583. The van der Waals surface area contributed by atoms with E-state index < -0.39 is 0 Å². The van der Waals surface area contributed by atoms with Crippen molar-refractivity contribution in [3.63, 3.8) is 0 Å². The molecule has 2 heterocycles. The number of ether oxygens (including phenoxy) is 1. The van der Waals surface area contributed by atoms with E-state index in [4.69, 9.17) is 27.2 Å². The van der Waals surface area contributed by atoms with Gasteiger partial charge in [-0.2, -0.15) is 9.78 Å². The molecule has 5 rings (SSSR count). The molecule has 0 aliphatic carbocycles. The molecule has 6 nitrogen and oxygen atoms in total. The maximum absolute atomic E-state index is 13.4. The van der Waals surface area contributed by atoms with Crippen LogP contribution in [0, 0.1) is 12.3 Å². The summed E-state index contributed by atoms with van der Waals surface area (Å²) in [7, 11) is 0. The number of aromatic nitrogens is 2. The number of fused-ring (bicyclic) bond motifs is 2. The third kappa shape index (κ3) is 4.10. The van der Waals surface area contributed by atoms with Crippen molar-refractivity contribution in [3.8, 4) is 29.7 Å². The predicted molar refractivity (Wildman–Crippen MR) is 138 cm³/mol. The lowest BCUT2D eigenvalue weighted by molar-refractivity contribution is 0.367. The Bertz CT molecular complexity index is 1650. The fraction of sp³-hybridized carbons (Fsp3) is 0.0385. The highest BCUT2D eigenvalue weighted by Gasteiger charge is 2.17. The molecule has 166 valence electrons. The van der Waals surface area contributed by atoms with Gasteiger partial charge in [-0.3, -0.25) is 4.79 Å². The highest BCUT2D eigenvalue weighted by Crippen LogP contribution is 2.32. The lowest BCUT2D eigenvalue weighted by Crippen LogP contribution is -2.20. The molecule has 8 heteroatoms. The molecule has 0 unspecified atom stereocenters. The van der Waals surface area contributed by atoms with Gasteiger partial charge in [0.05, 0.1) is 21.6 Å². The molecule has 0 radical (unpaired) electrons. The van der Waals surface area contributed by atoms with Crippen LogP contribution in [0.5, 0.6) is 5.75 Å². The van der Waals surface area contributed by atoms with E-state index in [1.807, 2.05) is 36.4 Å². The van der Waals surface area contributed by atoms with Gasteiger partial charge in [0.1, 0.15) is 17.9 Å². The third-order valence-electron chi connectivity index (χ3n) is 5.05. The summed E-state index contributed by atoms with van der Waals surface area (Å²) in [6.07, 6.45) is 6.82. The zero-order valence-corrected chi connectivity index (χ0v) is 19.9. The van der Waals surface area contributed by atoms with Crippen LogP contribution < -0.4 is 10.3 Å². The molecule has 34 heavy (non-hydrogen) atoms. The van der Waals surface area contributed by atoms with Crippen LogP contribution in [0.4, 0.5) is 0 Å². The first-order chi connectivity index (χ1) is 16.5. The Kier molecular flexibility index (Phi) is 5.93. The molecule has 0 saturated heterocycles. The number of hydrogen-bond acceptors (Lipinski definition) is 5. The van der Waals surface area contributed by atoms with E-state index in [9.17, 15) is 4.79 Å². The zero-order chi connectivity index (χ0) is 23.7. The molecule has 0 atom stereocenters. The average molecular weight is 533 g/mol. The second-order valence-corrected chi connectivity index (χ2v) is 8.55. The largest absolute Gasteiger partial charge is 0.479 e. The van der Waals surface area contributed by atoms with E-state index in [1.165, 1.54) is 10.9 Å². The second kappa shape index (κ2) is 9.18. The van der Waals surface area contributed by atoms with Gasteiger partial charge in [-0.1, -0.05) is 47.9 Å². The molecule has 0 spiro atoms. The molecule has 0 amide bonds. The Labute approximate surface area is 207 Å². The van der Waals surface area contributed by atoms with E-state index >= 15 is 0 Å². The van der Waals surface area contributed by atoms with Crippen molar-refractivity contribution in [2.24, 2.45) is 5.10 Å². The summed E-state index contributed by atoms with van der Waals surface area (Å²) in [5, 5.41) is 6.24. The predicted octanol–water partition coefficient (Wildman–Crippen LogP) is 6.12. The highest BCUT2D eigenvalue weighted by atomic mass is 79.9. The van der Waals surface area contributed by atoms with Crippen LogP contribution >= 0.6 is 27.5 Å². The Morgan fingerprint density at radius 3 is 2.79 bits per heavy atom. The zero-order valence-electron chi connectivity index (χ0n) is 17.5. The van der Waals surface area contributed by atoms with Gasteiger partial charge in [0.15, 0.2) is 5.76 Å². The van der Waals surface area contributed by atoms with Crippen molar-refractivity contribution in [1.29, 1.82) is 0 Å². The van der Waals surface area contributed by atoms with E-state index in [-0.39, 0.29) is 18.0 Å². The first-order valence-electron chi connectivity index (χ1n) is 10.2. The summed E-state index contributed by atoms with van der Waals surface area (Å²) in [4.78, 5) is 18.1. The van der Waals surface area contributed by atoms with Crippen LogP contribution in [-0.2, 0) is 0 Å². The maximum atomic E-state index is 13.4. The normalized spacial score (nSPS) is 11.3. The standard InChI is InChI=1S/C26H15BrClN3O3/c1-2-11-33-24-17(12-18(28)14-20(24)27)15-29-31-25(23-13-16-7-3-6-10-22(16)34-23)30-21-9-5-4-8-19(21)26(31)32/h1,3-10,12-15H,11H2. The summed E-state index contributed by atoms with van der Waals surface area (Å²) >= 11 is 9.67. The lowest BCUT2D eigenvalue weighted by atomic mass is 10.2.